The molecule has 0 saturated heterocycles. The average Bonchev–Trinajstić information content (AvgIpc) is 2.30. The Morgan fingerprint density at radius 3 is 2.94 bits per heavy atom. The van der Waals surface area contributed by atoms with E-state index in [0.717, 1.165) is 0 Å². The summed E-state index contributed by atoms with van der Waals surface area (Å²) in [5.74, 6) is 0.527. The zero-order chi connectivity index (χ0) is 12.3. The fourth-order valence-electron chi connectivity index (χ4n) is 1.33. The zero-order valence-corrected chi connectivity index (χ0v) is 9.56. The molecule has 0 spiro atoms. The molecule has 2 rings (SSSR count). The van der Waals surface area contributed by atoms with Crippen LogP contribution in [-0.2, 0) is 4.74 Å². The molecule has 17 heavy (non-hydrogen) atoms. The zero-order valence-electron chi connectivity index (χ0n) is 9.56. The standard InChI is InChI=1S/C10H12N4O3/c1-6-12-7-5-11-10(17-4-3-16-2)14-8(7)9(15)13-6/h5H,3-4H2,1-2H3,(H,12,13,15). The maximum absolute atomic E-state index is 11.6. The van der Waals surface area contributed by atoms with Crippen LogP contribution in [0.1, 0.15) is 5.82 Å². The van der Waals surface area contributed by atoms with E-state index < -0.39 is 0 Å². The summed E-state index contributed by atoms with van der Waals surface area (Å²) in [5.41, 5.74) is 0.370. The van der Waals surface area contributed by atoms with E-state index in [2.05, 4.69) is 19.9 Å². The molecule has 0 fully saturated rings. The normalized spacial score (nSPS) is 10.7. The molecule has 2 aromatic heterocycles. The Morgan fingerprint density at radius 1 is 1.35 bits per heavy atom. The van der Waals surface area contributed by atoms with Crippen molar-refractivity contribution < 1.29 is 9.47 Å². The molecule has 0 unspecified atom stereocenters. The molecule has 0 aromatic carbocycles. The van der Waals surface area contributed by atoms with Crippen molar-refractivity contribution in [2.45, 2.75) is 6.92 Å². The van der Waals surface area contributed by atoms with Crippen LogP contribution < -0.4 is 10.3 Å². The van der Waals surface area contributed by atoms with Gasteiger partial charge >= 0.3 is 6.01 Å². The number of aromatic amines is 1. The molecule has 7 heteroatoms. The van der Waals surface area contributed by atoms with Gasteiger partial charge in [0.1, 0.15) is 17.9 Å². The van der Waals surface area contributed by atoms with E-state index in [-0.39, 0.29) is 17.1 Å². The minimum Gasteiger partial charge on any atom is -0.461 e. The van der Waals surface area contributed by atoms with Crippen molar-refractivity contribution in [3.8, 4) is 6.01 Å². The van der Waals surface area contributed by atoms with E-state index in [0.29, 0.717) is 24.6 Å². The smallest absolute Gasteiger partial charge is 0.317 e. The second-order valence-electron chi connectivity index (χ2n) is 3.38. The second kappa shape index (κ2) is 4.88. The van der Waals surface area contributed by atoms with Crippen LogP contribution in [0.25, 0.3) is 11.0 Å². The molecule has 2 aromatic rings. The predicted octanol–water partition coefficient (Wildman–Crippen LogP) is 0.0467. The van der Waals surface area contributed by atoms with E-state index in [9.17, 15) is 4.79 Å². The highest BCUT2D eigenvalue weighted by molar-refractivity contribution is 5.71. The maximum Gasteiger partial charge on any atom is 0.317 e. The number of nitrogens with one attached hydrogen (secondary N) is 1. The number of methoxy groups -OCH3 is 1. The number of fused-ring (bicyclic) bond motifs is 1. The molecule has 0 atom stereocenters. The maximum atomic E-state index is 11.6. The highest BCUT2D eigenvalue weighted by Crippen LogP contribution is 2.07. The van der Waals surface area contributed by atoms with Crippen LogP contribution in [0.3, 0.4) is 0 Å². The Kier molecular flexibility index (Phi) is 3.29. The molecular formula is C10H12N4O3. The van der Waals surface area contributed by atoms with Crippen molar-refractivity contribution in [1.29, 1.82) is 0 Å². The monoisotopic (exact) mass is 236 g/mol. The van der Waals surface area contributed by atoms with E-state index in [1.165, 1.54) is 6.20 Å². The lowest BCUT2D eigenvalue weighted by atomic mass is 10.4. The fraction of sp³-hybridized carbons (Fsp3) is 0.400. The summed E-state index contributed by atoms with van der Waals surface area (Å²) in [7, 11) is 1.57. The van der Waals surface area contributed by atoms with Gasteiger partial charge in [0, 0.05) is 7.11 Å². The second-order valence-corrected chi connectivity index (χ2v) is 3.38. The molecule has 0 aliphatic rings. The lowest BCUT2D eigenvalue weighted by Crippen LogP contribution is -2.13. The number of aryl methyl sites for hydroxylation is 1. The first-order chi connectivity index (χ1) is 8.20. The highest BCUT2D eigenvalue weighted by Gasteiger charge is 2.06. The molecule has 90 valence electrons. The van der Waals surface area contributed by atoms with Crippen LogP contribution in [-0.4, -0.2) is 40.3 Å². The minimum absolute atomic E-state index is 0.144. The molecule has 0 aliphatic carbocycles. The lowest BCUT2D eigenvalue weighted by molar-refractivity contribution is 0.141. The molecule has 0 bridgehead atoms. The van der Waals surface area contributed by atoms with Crippen LogP contribution in [0.5, 0.6) is 6.01 Å². The number of H-pyrrole nitrogens is 1. The third kappa shape index (κ3) is 2.56. The Morgan fingerprint density at radius 2 is 2.18 bits per heavy atom. The van der Waals surface area contributed by atoms with Crippen LogP contribution >= 0.6 is 0 Å². The predicted molar refractivity (Wildman–Crippen MR) is 60.1 cm³/mol. The third-order valence-corrected chi connectivity index (χ3v) is 2.06. The number of nitrogens with zero attached hydrogens (tertiary/aromatic N) is 3. The summed E-state index contributed by atoms with van der Waals surface area (Å²) in [5, 5.41) is 0. The van der Waals surface area contributed by atoms with Gasteiger partial charge in [-0.2, -0.15) is 4.98 Å². The molecular weight excluding hydrogens is 224 g/mol. The molecule has 0 aliphatic heterocycles. The van der Waals surface area contributed by atoms with Crippen molar-refractivity contribution in [2.24, 2.45) is 0 Å². The Labute approximate surface area is 96.8 Å². The van der Waals surface area contributed by atoms with Crippen molar-refractivity contribution >= 4 is 11.0 Å². The van der Waals surface area contributed by atoms with Gasteiger partial charge in [-0.15, -0.1) is 0 Å². The van der Waals surface area contributed by atoms with Crippen LogP contribution in [0.4, 0.5) is 0 Å². The van der Waals surface area contributed by atoms with Gasteiger partial charge in [0.15, 0.2) is 5.52 Å². The van der Waals surface area contributed by atoms with Crippen molar-refractivity contribution in [3.63, 3.8) is 0 Å². The van der Waals surface area contributed by atoms with Crippen molar-refractivity contribution in [1.82, 2.24) is 19.9 Å². The van der Waals surface area contributed by atoms with Crippen molar-refractivity contribution in [2.75, 3.05) is 20.3 Å². The Balaban J connectivity index is 2.33. The molecule has 2 heterocycles. The largest absolute Gasteiger partial charge is 0.461 e. The first kappa shape index (κ1) is 11.5. The number of hydrogen-bond acceptors (Lipinski definition) is 6. The van der Waals surface area contributed by atoms with Gasteiger partial charge in [-0.1, -0.05) is 0 Å². The van der Waals surface area contributed by atoms with Crippen LogP contribution in [0.2, 0.25) is 0 Å². The van der Waals surface area contributed by atoms with E-state index >= 15 is 0 Å². The molecule has 7 nitrogen and oxygen atoms in total. The number of hydrogen-bond donors (Lipinski definition) is 1. The summed E-state index contributed by atoms with van der Waals surface area (Å²) in [6.45, 7) is 2.47. The Hall–Kier alpha value is -2.02. The summed E-state index contributed by atoms with van der Waals surface area (Å²) < 4.78 is 10.0. The summed E-state index contributed by atoms with van der Waals surface area (Å²) in [6.07, 6.45) is 1.46. The van der Waals surface area contributed by atoms with E-state index in [1.807, 2.05) is 0 Å². The average molecular weight is 236 g/mol. The van der Waals surface area contributed by atoms with Gasteiger partial charge in [-0.05, 0) is 6.92 Å². The third-order valence-electron chi connectivity index (χ3n) is 2.06. The first-order valence-electron chi connectivity index (χ1n) is 5.06. The minimum atomic E-state index is -0.300. The van der Waals surface area contributed by atoms with E-state index in [1.54, 1.807) is 14.0 Å². The summed E-state index contributed by atoms with van der Waals surface area (Å²) in [6, 6.07) is 0.144. The van der Waals surface area contributed by atoms with E-state index in [4.69, 9.17) is 9.47 Å². The number of rotatable bonds is 4. The lowest BCUT2D eigenvalue weighted by Gasteiger charge is -2.03. The summed E-state index contributed by atoms with van der Waals surface area (Å²) >= 11 is 0. The van der Waals surface area contributed by atoms with Gasteiger partial charge in [0.2, 0.25) is 0 Å². The Bertz CT molecular complexity index is 581. The van der Waals surface area contributed by atoms with Crippen LogP contribution in [0.15, 0.2) is 11.0 Å². The van der Waals surface area contributed by atoms with Gasteiger partial charge in [-0.3, -0.25) is 4.79 Å². The van der Waals surface area contributed by atoms with Crippen molar-refractivity contribution in [3.05, 3.63) is 22.4 Å². The highest BCUT2D eigenvalue weighted by atomic mass is 16.5. The SMILES string of the molecule is COCCOc1ncc2nc(C)[nH]c(=O)c2n1. The van der Waals surface area contributed by atoms with Gasteiger partial charge in [0.25, 0.3) is 5.56 Å². The molecule has 0 saturated carbocycles. The van der Waals surface area contributed by atoms with Gasteiger partial charge < -0.3 is 14.5 Å². The fourth-order valence-corrected chi connectivity index (χ4v) is 1.33. The van der Waals surface area contributed by atoms with Crippen LogP contribution in [0, 0.1) is 6.92 Å². The molecule has 1 N–H and O–H groups in total. The quantitative estimate of drug-likeness (QED) is 0.754. The number of aromatic nitrogens is 4. The molecule has 0 amide bonds. The summed E-state index contributed by atoms with van der Waals surface area (Å²) in [4.78, 5) is 26.2. The topological polar surface area (TPSA) is 90.0 Å². The number of ether oxygens (including phenoxy) is 2. The molecule has 0 radical (unpaired) electrons. The first-order valence-corrected chi connectivity index (χ1v) is 5.06. The van der Waals surface area contributed by atoms with Gasteiger partial charge in [-0.25, -0.2) is 9.97 Å². The van der Waals surface area contributed by atoms with Gasteiger partial charge in [0.05, 0.1) is 12.8 Å².